The summed E-state index contributed by atoms with van der Waals surface area (Å²) in [7, 11) is 1.56. The number of carbonyl (C=O) groups is 12. The van der Waals surface area contributed by atoms with Gasteiger partial charge in [-0.25, -0.2) is 0 Å². The number of hydrazine groups is 3. The second-order valence-corrected chi connectivity index (χ2v) is 36.0. The molecule has 0 saturated heterocycles. The van der Waals surface area contributed by atoms with Gasteiger partial charge >= 0.3 is 0 Å². The molecule has 0 unspecified atom stereocenters. The first-order valence-electron chi connectivity index (χ1n) is 43.5. The number of para-hydroxylation sites is 3. The lowest BCUT2D eigenvalue weighted by molar-refractivity contribution is -0.124. The molecule has 0 bridgehead atoms. The predicted octanol–water partition coefficient (Wildman–Crippen LogP) is 14.7. The van der Waals surface area contributed by atoms with E-state index in [4.69, 9.17) is 159 Å². The molecule has 5 aromatic heterocycles. The molecule has 0 atom stereocenters. The van der Waals surface area contributed by atoms with Gasteiger partial charge in [-0.1, -0.05) is 134 Å². The molecule has 5 heterocycles. The highest BCUT2D eigenvalue weighted by atomic mass is 79.9. The van der Waals surface area contributed by atoms with E-state index in [2.05, 4.69) is 126 Å². The molecule has 15 N–H and O–H groups in total. The zero-order valence-electron chi connectivity index (χ0n) is 79.7. The zero-order chi connectivity index (χ0) is 109. The smallest absolute Gasteiger partial charge is 0.293 e. The van der Waals surface area contributed by atoms with Crippen LogP contribution in [0.25, 0.3) is 6.08 Å². The Morgan fingerprint density at radius 2 is 0.859 bits per heavy atom. The number of thiocarbonyl (C=S) groups is 6. The molecule has 149 heavy (non-hydrogen) atoms. The standard InChI is InChI=1S/C19H21N3O3S2.C18H18N2O3S.C16H14Cl2N2O4S.C16H16N2O4S.C15H13BrClN3O4S.C15H14BrN3O5S/c1-13(2)15-7-3-4-8-16(15)25-12-18(24)21-22-19(26)20-17(23)10-9-14-6-5-11-27-14;1-13-7-5-6-10-15(13)16(21)11-19-18(24)20-17(22)12-23-14-8-3-2-4-9-14;1-9-11(4-5-23-9)13(21)7-19-16(25)20-15(22)8-24-14-3-2-10(17)6-12(14)18;1-11-5-2-3-6-13(11)22-10-12(19)9-17-16(23)18-15(20)14-7-4-8-21-14;1-8-6-9(2-3-10(8)17)23-7-13(21)19-20-15(25)18-14(22)11-4-5-12(16)24-11;1-22-9-2-4-10(5-3-9)23-8-13(20)18-19-15(25)17-14(21)11-6-7-12(16)24-11/h3-11,13H,12H2,1-2H3,(H,21,24)(H2,20,22,23,26);2-10H,11-12H2,1H3,(H2,19,20,22,24);2-6H,7-8H2,1H3,(H2,19,20,22,25);2-8H,9-10H2,1H3,(H2,17,18,20,23);2-6H,7H2,1H3,(H,19,21)(H2,18,20,22,25);2-7H,8H2,1H3,(H,18,20)(H2,17,19,21,25)/b10-9+;;;;;. The van der Waals surface area contributed by atoms with E-state index in [9.17, 15) is 57.5 Å². The topological polar surface area (TPSA) is 502 Å². The average Bonchev–Trinajstić information content (AvgIpc) is 1.87. The van der Waals surface area contributed by atoms with Gasteiger partial charge in [0.2, 0.25) is 5.91 Å². The highest BCUT2D eigenvalue weighted by molar-refractivity contribution is 9.10. The second-order valence-electron chi connectivity index (χ2n) is 29.8. The maximum atomic E-state index is 12.1. The van der Waals surface area contributed by atoms with Gasteiger partial charge in [0.15, 0.2) is 108 Å². The Hall–Kier alpha value is -14.9. The number of hydrogen-bond acceptors (Lipinski definition) is 30. The summed E-state index contributed by atoms with van der Waals surface area (Å²) in [5, 5.41) is 25.7. The molecule has 0 aliphatic carbocycles. The number of methoxy groups -OCH3 is 1. The van der Waals surface area contributed by atoms with E-state index in [-0.39, 0.29) is 136 Å². The lowest BCUT2D eigenvalue weighted by Gasteiger charge is -2.14. The van der Waals surface area contributed by atoms with Crippen LogP contribution in [0.15, 0.2) is 269 Å². The van der Waals surface area contributed by atoms with E-state index in [0.29, 0.717) is 81.5 Å². The Morgan fingerprint density at radius 3 is 1.38 bits per heavy atom. The van der Waals surface area contributed by atoms with Crippen LogP contribution in [0.4, 0.5) is 0 Å². The molecular formula is C99H96Br2Cl3N15O23S7. The zero-order valence-corrected chi connectivity index (χ0v) is 90.9. The number of halogens is 5. The van der Waals surface area contributed by atoms with E-state index in [1.54, 1.807) is 129 Å². The second kappa shape index (κ2) is 65.7. The number of ketones is 3. The number of furan rings is 4. The van der Waals surface area contributed by atoms with Crippen molar-refractivity contribution in [1.29, 1.82) is 0 Å². The highest BCUT2D eigenvalue weighted by Crippen LogP contribution is 2.29. The molecule has 7 aromatic carbocycles. The minimum atomic E-state index is -0.551. The monoisotopic (exact) mass is 2350 g/mol. The Morgan fingerprint density at radius 1 is 0.383 bits per heavy atom. The van der Waals surface area contributed by atoms with Gasteiger partial charge < -0.3 is 77.4 Å². The van der Waals surface area contributed by atoms with Gasteiger partial charge in [-0.3, -0.25) is 111 Å². The van der Waals surface area contributed by atoms with Crippen LogP contribution < -0.4 is 114 Å². The number of aryl methyl sites for hydroxylation is 4. The molecule has 50 heteroatoms. The summed E-state index contributed by atoms with van der Waals surface area (Å²) in [6.07, 6.45) is 5.87. The minimum absolute atomic E-state index is 0.00763. The van der Waals surface area contributed by atoms with E-state index in [1.807, 2.05) is 111 Å². The van der Waals surface area contributed by atoms with E-state index in [1.165, 1.54) is 54.2 Å². The lowest BCUT2D eigenvalue weighted by Crippen LogP contribution is -2.49. The minimum Gasteiger partial charge on any atom is -0.497 e. The molecule has 0 aliphatic rings. The van der Waals surface area contributed by atoms with Gasteiger partial charge in [0.05, 0.1) is 49.9 Å². The molecule has 0 radical (unpaired) electrons. The Bertz CT molecular complexity index is 6660. The lowest BCUT2D eigenvalue weighted by atomic mass is 10.0. The van der Waals surface area contributed by atoms with Crippen LogP contribution in [0.3, 0.4) is 0 Å². The first kappa shape index (κ1) is 121. The van der Waals surface area contributed by atoms with Gasteiger partial charge in [0, 0.05) is 26.6 Å². The largest absolute Gasteiger partial charge is 0.497 e. The molecule has 0 saturated carbocycles. The fourth-order valence-corrected chi connectivity index (χ4v) is 13.8. The molecule has 0 spiro atoms. The van der Waals surface area contributed by atoms with Crippen LogP contribution in [-0.2, 0) is 33.6 Å². The van der Waals surface area contributed by atoms with Gasteiger partial charge in [0.25, 0.3) is 47.3 Å². The van der Waals surface area contributed by atoms with Crippen LogP contribution in [0.2, 0.25) is 15.1 Å². The fraction of sp³-hybridized carbons (Fsp3) is 0.172. The van der Waals surface area contributed by atoms with E-state index >= 15 is 0 Å². The molecule has 0 fully saturated rings. The summed E-state index contributed by atoms with van der Waals surface area (Å²) in [5.41, 5.74) is 19.1. The van der Waals surface area contributed by atoms with Crippen molar-refractivity contribution in [3.63, 3.8) is 0 Å². The summed E-state index contributed by atoms with van der Waals surface area (Å²) >= 11 is 55.0. The van der Waals surface area contributed by atoms with Gasteiger partial charge in [0.1, 0.15) is 52.6 Å². The van der Waals surface area contributed by atoms with Crippen molar-refractivity contribution >= 4 is 259 Å². The summed E-state index contributed by atoms with van der Waals surface area (Å²) in [6, 6.07) is 62.3. The van der Waals surface area contributed by atoms with Crippen molar-refractivity contribution in [3.05, 3.63) is 328 Å². The third kappa shape index (κ3) is 47.7. The average molecular weight is 2350 g/mol. The molecule has 38 nitrogen and oxygen atoms in total. The third-order valence-electron chi connectivity index (χ3n) is 18.2. The van der Waals surface area contributed by atoms with Crippen molar-refractivity contribution in [1.82, 2.24) is 80.4 Å². The Kier molecular flexibility index (Phi) is 53.3. The number of rotatable bonds is 33. The SMILES string of the molecule is CC(C)c1ccccc1OCC(=O)NNC(=S)NC(=O)/C=C/c1cccs1.COc1ccc(OCC(=O)NNC(=S)NC(=O)c2ccc(Br)o2)cc1.Cc1cc(OCC(=O)NNC(=S)NC(=O)c2ccc(Br)o2)ccc1Cl.Cc1ccccc1C(=O)CNC(=S)NC(=O)COc1ccccc1.Cc1ccccc1OCC(=O)CNC(=S)NC(=O)c1ccco1.Cc1occc1C(=O)CNC(=S)NC(=O)COc1ccc(Cl)cc1Cl. The van der Waals surface area contributed by atoms with Crippen molar-refractivity contribution in [2.24, 2.45) is 0 Å². The normalized spacial score (nSPS) is 10.1. The summed E-state index contributed by atoms with van der Waals surface area (Å²) in [4.78, 5) is 143. The number of thiophene rings is 1. The van der Waals surface area contributed by atoms with Crippen LogP contribution in [0.5, 0.6) is 40.2 Å². The van der Waals surface area contributed by atoms with Crippen LogP contribution >= 0.6 is 151 Å². The molecule has 12 rings (SSSR count). The maximum Gasteiger partial charge on any atom is 0.293 e. The number of benzene rings is 7. The number of carbonyl (C=O) groups excluding carboxylic acids is 12. The maximum absolute atomic E-state index is 12.1. The fourth-order valence-electron chi connectivity index (χ4n) is 11.0. The quantitative estimate of drug-likeness (QED) is 0.00786. The molecule has 0 aliphatic heterocycles. The van der Waals surface area contributed by atoms with Crippen molar-refractivity contribution in [2.75, 3.05) is 66.4 Å². The van der Waals surface area contributed by atoms with Crippen molar-refractivity contribution < 1.29 is 108 Å². The Labute approximate surface area is 921 Å². The summed E-state index contributed by atoms with van der Waals surface area (Å²) < 4.78 is 58.2. The summed E-state index contributed by atoms with van der Waals surface area (Å²) in [5.74, 6) is 0.339. The van der Waals surface area contributed by atoms with Crippen LogP contribution in [0, 0.1) is 27.7 Å². The predicted molar refractivity (Wildman–Crippen MR) is 590 cm³/mol. The summed E-state index contributed by atoms with van der Waals surface area (Å²) in [6.45, 7) is 10.1. The number of Topliss-reactive ketones (excluding diaryl/α,β-unsaturated/α-hetero) is 3. The van der Waals surface area contributed by atoms with Crippen LogP contribution in [-0.4, -0.2) is 168 Å². The van der Waals surface area contributed by atoms with Crippen LogP contribution in [0.1, 0.15) is 105 Å². The molecule has 12 aromatic rings. The molecule has 9 amide bonds. The van der Waals surface area contributed by atoms with Crippen molar-refractivity contribution in [2.45, 2.75) is 47.5 Å². The first-order valence-corrected chi connectivity index (χ1v) is 49.5. The first-order chi connectivity index (χ1) is 71.3. The van der Waals surface area contributed by atoms with Gasteiger partial charge in [-0.2, -0.15) is 0 Å². The highest BCUT2D eigenvalue weighted by Gasteiger charge is 2.21. The third-order valence-corrected chi connectivity index (χ3v) is 22.2. The van der Waals surface area contributed by atoms with E-state index < -0.39 is 47.3 Å². The molecular weight excluding hydrogens is 2260 g/mol. The number of nitrogens with one attached hydrogen (secondary N) is 15. The number of hydrogen-bond donors (Lipinski definition) is 15. The Balaban J connectivity index is 0.000000242. The van der Waals surface area contributed by atoms with Gasteiger partial charge in [-0.15, -0.1) is 11.3 Å². The molecule has 782 valence electrons. The number of ether oxygens (including phenoxy) is 7. The number of amides is 9. The van der Waals surface area contributed by atoms with Crippen molar-refractivity contribution in [3.8, 4) is 40.2 Å². The van der Waals surface area contributed by atoms with Gasteiger partial charge in [-0.05, 0) is 306 Å². The van der Waals surface area contributed by atoms with E-state index in [0.717, 1.165) is 27.1 Å².